The van der Waals surface area contributed by atoms with Crippen LogP contribution in [0.1, 0.15) is 35.8 Å². The first-order valence-electron chi connectivity index (χ1n) is 11.0. The van der Waals surface area contributed by atoms with Crippen LogP contribution in [-0.2, 0) is 4.79 Å². The molecule has 6 heteroatoms. The third-order valence-corrected chi connectivity index (χ3v) is 5.65. The summed E-state index contributed by atoms with van der Waals surface area (Å²) < 4.78 is 5.36. The Morgan fingerprint density at radius 2 is 1.66 bits per heavy atom. The molecule has 0 heterocycles. The first kappa shape index (κ1) is 23.3. The van der Waals surface area contributed by atoms with Crippen LogP contribution in [0.5, 0.6) is 5.75 Å². The number of methoxy groups -OCH3 is 1. The molecule has 3 rings (SSSR count). The Hall–Kier alpha value is -3.38. The van der Waals surface area contributed by atoms with Gasteiger partial charge in [0.05, 0.1) is 19.7 Å². The van der Waals surface area contributed by atoms with Crippen LogP contribution in [0, 0.1) is 0 Å². The number of nitrogens with zero attached hydrogens (tertiary/aromatic N) is 1. The number of hydrogen-bond acceptors (Lipinski definition) is 4. The van der Waals surface area contributed by atoms with E-state index in [2.05, 4.69) is 29.4 Å². The zero-order valence-corrected chi connectivity index (χ0v) is 18.9. The topological polar surface area (TPSA) is 70.7 Å². The smallest absolute Gasteiger partial charge is 0.251 e. The van der Waals surface area contributed by atoms with E-state index in [1.807, 2.05) is 60.7 Å². The molecule has 1 unspecified atom stereocenters. The lowest BCUT2D eigenvalue weighted by Crippen LogP contribution is -2.42. The van der Waals surface area contributed by atoms with Crippen molar-refractivity contribution in [2.75, 3.05) is 33.3 Å². The Morgan fingerprint density at radius 1 is 0.906 bits per heavy atom. The van der Waals surface area contributed by atoms with Crippen LogP contribution in [0.3, 0.4) is 0 Å². The molecule has 0 aliphatic rings. The van der Waals surface area contributed by atoms with Gasteiger partial charge in [-0.1, -0.05) is 56.3 Å². The number of carbonyl (C=O) groups excluding carboxylic acids is 2. The van der Waals surface area contributed by atoms with Gasteiger partial charge in [0.1, 0.15) is 5.75 Å². The summed E-state index contributed by atoms with van der Waals surface area (Å²) in [5.41, 5.74) is 1.61. The predicted molar refractivity (Wildman–Crippen MR) is 128 cm³/mol. The van der Waals surface area contributed by atoms with Crippen molar-refractivity contribution >= 4 is 22.6 Å². The molecule has 32 heavy (non-hydrogen) atoms. The Bertz CT molecular complexity index is 1060. The van der Waals surface area contributed by atoms with Gasteiger partial charge in [-0.25, -0.2) is 0 Å². The molecule has 0 aliphatic carbocycles. The fraction of sp³-hybridized carbons (Fsp3) is 0.308. The van der Waals surface area contributed by atoms with Crippen LogP contribution >= 0.6 is 0 Å². The highest BCUT2D eigenvalue weighted by Crippen LogP contribution is 2.23. The lowest BCUT2D eigenvalue weighted by molar-refractivity contribution is -0.120. The molecule has 0 radical (unpaired) electrons. The minimum absolute atomic E-state index is 0.0141. The molecule has 168 valence electrons. The van der Waals surface area contributed by atoms with E-state index in [1.165, 1.54) is 0 Å². The normalized spacial score (nSPS) is 11.9. The van der Waals surface area contributed by atoms with Gasteiger partial charge in [0.15, 0.2) is 0 Å². The molecule has 2 N–H and O–H groups in total. The molecule has 1 atom stereocenters. The number of benzene rings is 3. The number of amides is 2. The Morgan fingerprint density at radius 3 is 2.38 bits per heavy atom. The van der Waals surface area contributed by atoms with Crippen molar-refractivity contribution in [3.8, 4) is 5.75 Å². The largest absolute Gasteiger partial charge is 0.497 e. The first-order valence-corrected chi connectivity index (χ1v) is 11.0. The molecule has 3 aromatic carbocycles. The standard InChI is InChI=1S/C26H31N3O3/c1-4-29(5-2)24(21-11-8-12-23(16-21)32-3)17-27-25(30)18-28-26(31)22-14-13-19-9-6-7-10-20(19)15-22/h6-16,24H,4-5,17-18H2,1-3H3,(H,27,30)(H,28,31). The maximum Gasteiger partial charge on any atom is 0.251 e. The van der Waals surface area contributed by atoms with Gasteiger partial charge in [0, 0.05) is 12.1 Å². The van der Waals surface area contributed by atoms with Crippen LogP contribution in [0.25, 0.3) is 10.8 Å². The van der Waals surface area contributed by atoms with E-state index in [-0.39, 0.29) is 24.4 Å². The van der Waals surface area contributed by atoms with Crippen molar-refractivity contribution in [1.29, 1.82) is 0 Å². The third-order valence-electron chi connectivity index (χ3n) is 5.65. The van der Waals surface area contributed by atoms with Gasteiger partial charge >= 0.3 is 0 Å². The summed E-state index contributed by atoms with van der Waals surface area (Å²) in [6.45, 7) is 6.28. The van der Waals surface area contributed by atoms with Gasteiger partial charge in [-0.2, -0.15) is 0 Å². The molecule has 0 fully saturated rings. The van der Waals surface area contributed by atoms with Gasteiger partial charge in [-0.15, -0.1) is 0 Å². The number of nitrogens with one attached hydrogen (secondary N) is 2. The average molecular weight is 434 g/mol. The first-order chi connectivity index (χ1) is 15.5. The second kappa shape index (κ2) is 11.3. The summed E-state index contributed by atoms with van der Waals surface area (Å²) >= 11 is 0. The van der Waals surface area contributed by atoms with Crippen molar-refractivity contribution in [3.63, 3.8) is 0 Å². The lowest BCUT2D eigenvalue weighted by Gasteiger charge is -2.30. The SMILES string of the molecule is CCN(CC)C(CNC(=O)CNC(=O)c1ccc2ccccc2c1)c1cccc(OC)c1. The maximum atomic E-state index is 12.5. The van der Waals surface area contributed by atoms with Crippen molar-refractivity contribution in [2.24, 2.45) is 0 Å². The summed E-state index contributed by atoms with van der Waals surface area (Å²) in [5.74, 6) is 0.298. The van der Waals surface area contributed by atoms with Crippen LogP contribution < -0.4 is 15.4 Å². The molecule has 3 aromatic rings. The molecule has 0 bridgehead atoms. The summed E-state index contributed by atoms with van der Waals surface area (Å²) in [6, 6.07) is 21.3. The molecular weight excluding hydrogens is 402 g/mol. The minimum atomic E-state index is -0.265. The summed E-state index contributed by atoms with van der Waals surface area (Å²) in [6.07, 6.45) is 0. The molecule has 0 aliphatic heterocycles. The number of rotatable bonds is 10. The van der Waals surface area contributed by atoms with Crippen LogP contribution in [-0.4, -0.2) is 50.0 Å². The quantitative estimate of drug-likeness (QED) is 0.511. The van der Waals surface area contributed by atoms with E-state index in [4.69, 9.17) is 4.74 Å². The molecule has 0 saturated carbocycles. The predicted octanol–water partition coefficient (Wildman–Crippen LogP) is 3.78. The molecule has 0 spiro atoms. The third kappa shape index (κ3) is 5.86. The number of hydrogen-bond donors (Lipinski definition) is 2. The van der Waals surface area contributed by atoms with Crippen LogP contribution in [0.15, 0.2) is 66.7 Å². The van der Waals surface area contributed by atoms with Gasteiger partial charge in [-0.3, -0.25) is 14.5 Å². The van der Waals surface area contributed by atoms with Gasteiger partial charge < -0.3 is 15.4 Å². The summed E-state index contributed by atoms with van der Waals surface area (Å²) in [5, 5.41) is 7.75. The second-order valence-electron chi connectivity index (χ2n) is 7.56. The van der Waals surface area contributed by atoms with E-state index in [1.54, 1.807) is 13.2 Å². The summed E-state index contributed by atoms with van der Waals surface area (Å²) in [7, 11) is 1.64. The van der Waals surface area contributed by atoms with E-state index in [0.717, 1.165) is 35.2 Å². The van der Waals surface area contributed by atoms with E-state index in [9.17, 15) is 9.59 Å². The summed E-state index contributed by atoms with van der Waals surface area (Å²) in [4.78, 5) is 27.3. The number of ether oxygens (including phenoxy) is 1. The van der Waals surface area contributed by atoms with Crippen molar-refractivity contribution in [2.45, 2.75) is 19.9 Å². The fourth-order valence-corrected chi connectivity index (χ4v) is 3.84. The minimum Gasteiger partial charge on any atom is -0.497 e. The second-order valence-corrected chi connectivity index (χ2v) is 7.56. The zero-order chi connectivity index (χ0) is 22.9. The van der Waals surface area contributed by atoms with Gasteiger partial charge in [-0.05, 0) is 53.7 Å². The highest BCUT2D eigenvalue weighted by atomic mass is 16.5. The molecular formula is C26H31N3O3. The van der Waals surface area contributed by atoms with Crippen molar-refractivity contribution < 1.29 is 14.3 Å². The highest BCUT2D eigenvalue weighted by Gasteiger charge is 2.19. The molecule has 0 aromatic heterocycles. The van der Waals surface area contributed by atoms with Gasteiger partial charge in [0.2, 0.25) is 5.91 Å². The fourth-order valence-electron chi connectivity index (χ4n) is 3.84. The Balaban J connectivity index is 1.59. The number of likely N-dealkylation sites (N-methyl/N-ethyl adjacent to an activating group) is 1. The van der Waals surface area contributed by atoms with Crippen molar-refractivity contribution in [3.05, 3.63) is 77.9 Å². The lowest BCUT2D eigenvalue weighted by atomic mass is 10.0. The number of carbonyl (C=O) groups is 2. The molecule has 6 nitrogen and oxygen atoms in total. The number of fused-ring (bicyclic) bond motifs is 1. The Kier molecular flexibility index (Phi) is 8.22. The monoisotopic (exact) mass is 433 g/mol. The van der Waals surface area contributed by atoms with E-state index in [0.29, 0.717) is 12.1 Å². The maximum absolute atomic E-state index is 12.5. The van der Waals surface area contributed by atoms with E-state index >= 15 is 0 Å². The average Bonchev–Trinajstić information content (AvgIpc) is 2.84. The van der Waals surface area contributed by atoms with Gasteiger partial charge in [0.25, 0.3) is 5.91 Å². The van der Waals surface area contributed by atoms with Crippen LogP contribution in [0.2, 0.25) is 0 Å². The highest BCUT2D eigenvalue weighted by molar-refractivity contribution is 6.00. The Labute approximate surface area is 189 Å². The van der Waals surface area contributed by atoms with E-state index < -0.39 is 0 Å². The zero-order valence-electron chi connectivity index (χ0n) is 18.9. The molecule has 2 amide bonds. The van der Waals surface area contributed by atoms with Crippen LogP contribution in [0.4, 0.5) is 0 Å². The van der Waals surface area contributed by atoms with Crippen molar-refractivity contribution in [1.82, 2.24) is 15.5 Å². The molecule has 0 saturated heterocycles.